The quantitative estimate of drug-likeness (QED) is 0.166. The summed E-state index contributed by atoms with van der Waals surface area (Å²) in [6.45, 7) is 5.50. The van der Waals surface area contributed by atoms with Crippen LogP contribution in [0.3, 0.4) is 0 Å². The van der Waals surface area contributed by atoms with Gasteiger partial charge >= 0.3 is 6.16 Å². The lowest BCUT2D eigenvalue weighted by Crippen LogP contribution is -2.70. The average Bonchev–Trinajstić information content (AvgIpc) is 3.33. The van der Waals surface area contributed by atoms with E-state index in [0.717, 1.165) is 0 Å². The van der Waals surface area contributed by atoms with Gasteiger partial charge in [-0.25, -0.2) is 9.18 Å². The van der Waals surface area contributed by atoms with Crippen LogP contribution in [0.25, 0.3) is 0 Å². The number of hydrogen-bond donors (Lipinski definition) is 1. The molecule has 0 spiro atoms. The lowest BCUT2D eigenvalue weighted by atomic mass is 9.44. The standard InChI is InChI=1S/C29H38FNO12/c1-25(2)42-23-14-20-19-6-5-17-13-18(32)7-8-26(17,3)28(19,30)21(33)15-27(20,4)29(23,43-25)22(34)16-40-24(35)39-11-9-38-10-12-41-31(36)37/h7-8,13,19-21,23,33H,5-6,9-12,14-16H2,1-4H3/t19?,20?,21-,23+,26-,27-,28-,29+/m0/s1. The van der Waals surface area contributed by atoms with Crippen LogP contribution in [0.1, 0.15) is 53.4 Å². The number of aliphatic hydroxyl groups is 1. The van der Waals surface area contributed by atoms with E-state index in [2.05, 4.69) is 4.84 Å². The average molecular weight is 612 g/mol. The van der Waals surface area contributed by atoms with Crippen LogP contribution in [-0.4, -0.2) is 90.2 Å². The summed E-state index contributed by atoms with van der Waals surface area (Å²) < 4.78 is 45.2. The highest BCUT2D eigenvalue weighted by Crippen LogP contribution is 2.72. The lowest BCUT2D eigenvalue weighted by molar-refractivity contribution is -0.758. The fourth-order valence-electron chi connectivity index (χ4n) is 8.54. The van der Waals surface area contributed by atoms with Crippen molar-refractivity contribution in [2.24, 2.45) is 22.7 Å². The van der Waals surface area contributed by atoms with Crippen LogP contribution in [0.15, 0.2) is 23.8 Å². The molecule has 1 N–H and O–H groups in total. The van der Waals surface area contributed by atoms with Gasteiger partial charge in [-0.3, -0.25) is 9.59 Å². The lowest BCUT2D eigenvalue weighted by Gasteiger charge is -2.62. The van der Waals surface area contributed by atoms with Gasteiger partial charge in [-0.2, -0.15) is 0 Å². The number of ketones is 2. The molecule has 238 valence electrons. The number of aliphatic hydroxyl groups excluding tert-OH is 1. The Morgan fingerprint density at radius 1 is 1.14 bits per heavy atom. The molecule has 5 aliphatic rings. The van der Waals surface area contributed by atoms with Crippen molar-refractivity contribution in [3.63, 3.8) is 0 Å². The molecule has 1 saturated heterocycles. The van der Waals surface area contributed by atoms with Crippen molar-refractivity contribution in [2.75, 3.05) is 33.0 Å². The number of nitrogens with zero attached hydrogens (tertiary/aromatic N) is 1. The third-order valence-corrected chi connectivity index (χ3v) is 10.2. The number of carbonyl (C=O) groups is 3. The van der Waals surface area contributed by atoms with E-state index in [1.165, 1.54) is 12.2 Å². The van der Waals surface area contributed by atoms with Gasteiger partial charge in [0, 0.05) is 16.7 Å². The predicted molar refractivity (Wildman–Crippen MR) is 143 cm³/mol. The maximum atomic E-state index is 17.5. The molecule has 4 fully saturated rings. The summed E-state index contributed by atoms with van der Waals surface area (Å²) in [6, 6.07) is 0. The highest BCUT2D eigenvalue weighted by atomic mass is 19.1. The summed E-state index contributed by atoms with van der Waals surface area (Å²) in [7, 11) is 0. The molecule has 13 nitrogen and oxygen atoms in total. The van der Waals surface area contributed by atoms with Crippen LogP contribution >= 0.6 is 0 Å². The summed E-state index contributed by atoms with van der Waals surface area (Å²) >= 11 is 0. The van der Waals surface area contributed by atoms with E-state index in [0.29, 0.717) is 24.8 Å². The van der Waals surface area contributed by atoms with Gasteiger partial charge in [-0.1, -0.05) is 18.6 Å². The third-order valence-electron chi connectivity index (χ3n) is 10.2. The molecule has 0 bridgehead atoms. The van der Waals surface area contributed by atoms with Crippen molar-refractivity contribution in [1.29, 1.82) is 0 Å². The second-order valence-corrected chi connectivity index (χ2v) is 12.8. The molecule has 0 radical (unpaired) electrons. The number of alkyl halides is 1. The minimum absolute atomic E-state index is 0.0789. The van der Waals surface area contributed by atoms with Crippen molar-refractivity contribution in [1.82, 2.24) is 0 Å². The third kappa shape index (κ3) is 4.86. The van der Waals surface area contributed by atoms with E-state index in [-0.39, 0.29) is 38.6 Å². The molecule has 1 heterocycles. The SMILES string of the molecule is CC1(C)O[C@@H]2CC3C4CCC5=CC(=O)C=C[C@]5(C)[C@@]4(F)[C@@H](O)C[C@]3(C)[C@]2(C(=O)COC(=O)OCCOCCO[N+](=O)[O-])O1. The largest absolute Gasteiger partial charge is 0.508 e. The maximum Gasteiger partial charge on any atom is 0.508 e. The number of halogens is 1. The first kappa shape index (κ1) is 31.5. The van der Waals surface area contributed by atoms with Gasteiger partial charge in [0.15, 0.2) is 29.4 Å². The first-order valence-corrected chi connectivity index (χ1v) is 14.5. The zero-order chi connectivity index (χ0) is 31.4. The monoisotopic (exact) mass is 611 g/mol. The van der Waals surface area contributed by atoms with Crippen molar-refractivity contribution in [3.8, 4) is 0 Å². The molecule has 4 aliphatic carbocycles. The summed E-state index contributed by atoms with van der Waals surface area (Å²) in [4.78, 5) is 52.6. The molecule has 43 heavy (non-hydrogen) atoms. The molecule has 0 aromatic carbocycles. The summed E-state index contributed by atoms with van der Waals surface area (Å²) in [5, 5.41) is 20.8. The van der Waals surface area contributed by atoms with Crippen LogP contribution in [0.4, 0.5) is 9.18 Å². The Hall–Kier alpha value is -2.94. The zero-order valence-electron chi connectivity index (χ0n) is 24.7. The minimum Gasteiger partial charge on any atom is -0.432 e. The minimum atomic E-state index is -2.09. The molecule has 5 rings (SSSR count). The predicted octanol–water partition coefficient (Wildman–Crippen LogP) is 2.80. The van der Waals surface area contributed by atoms with Crippen LogP contribution in [0.5, 0.6) is 0 Å². The Labute approximate surface area is 247 Å². The number of Topliss-reactive ketones (excluding diaryl/α,β-unsaturated/α-hetero) is 1. The van der Waals surface area contributed by atoms with Crippen LogP contribution < -0.4 is 0 Å². The van der Waals surface area contributed by atoms with Gasteiger partial charge in [0.1, 0.15) is 13.2 Å². The fourth-order valence-corrected chi connectivity index (χ4v) is 8.54. The summed E-state index contributed by atoms with van der Waals surface area (Å²) in [6.07, 6.45) is 2.04. The van der Waals surface area contributed by atoms with Gasteiger partial charge in [-0.15, -0.1) is 10.1 Å². The smallest absolute Gasteiger partial charge is 0.432 e. The highest BCUT2D eigenvalue weighted by molar-refractivity contribution is 6.01. The first-order valence-electron chi connectivity index (χ1n) is 14.5. The molecule has 1 aliphatic heterocycles. The fraction of sp³-hybridized carbons (Fsp3) is 0.759. The van der Waals surface area contributed by atoms with E-state index in [1.807, 2.05) is 6.92 Å². The zero-order valence-corrected chi connectivity index (χ0v) is 24.7. The van der Waals surface area contributed by atoms with Crippen molar-refractivity contribution >= 4 is 17.7 Å². The molecule has 14 heteroatoms. The molecule has 3 saturated carbocycles. The number of ether oxygens (including phenoxy) is 5. The number of allylic oxidation sites excluding steroid dienone is 4. The topological polar surface area (TPSA) is 170 Å². The Kier molecular flexibility index (Phi) is 7.98. The number of carbonyl (C=O) groups excluding carboxylic acids is 3. The maximum absolute atomic E-state index is 17.5. The number of fused-ring (bicyclic) bond motifs is 7. The molecular weight excluding hydrogens is 573 g/mol. The van der Waals surface area contributed by atoms with Gasteiger partial charge in [0.2, 0.25) is 5.78 Å². The van der Waals surface area contributed by atoms with Crippen molar-refractivity contribution < 1.29 is 57.5 Å². The molecule has 0 amide bonds. The van der Waals surface area contributed by atoms with E-state index in [9.17, 15) is 29.6 Å². The molecule has 0 aromatic rings. The van der Waals surface area contributed by atoms with Gasteiger partial charge in [-0.05, 0) is 64.5 Å². The van der Waals surface area contributed by atoms with Crippen molar-refractivity contribution in [2.45, 2.75) is 82.6 Å². The highest BCUT2D eigenvalue weighted by Gasteiger charge is 2.80. The Bertz CT molecular complexity index is 1250. The molecule has 8 atom stereocenters. The van der Waals surface area contributed by atoms with E-state index >= 15 is 4.39 Å². The summed E-state index contributed by atoms with van der Waals surface area (Å²) in [5.41, 5.74) is -5.31. The van der Waals surface area contributed by atoms with Crippen molar-refractivity contribution in [3.05, 3.63) is 33.9 Å². The second kappa shape index (κ2) is 10.9. The van der Waals surface area contributed by atoms with E-state index in [4.69, 9.17) is 23.7 Å². The van der Waals surface area contributed by atoms with Gasteiger partial charge < -0.3 is 33.6 Å². The second-order valence-electron chi connectivity index (χ2n) is 12.8. The first-order chi connectivity index (χ1) is 20.1. The van der Waals surface area contributed by atoms with Gasteiger partial charge in [0.25, 0.3) is 5.09 Å². The normalized spacial score (nSPS) is 40.4. The Morgan fingerprint density at radius 2 is 1.86 bits per heavy atom. The number of hydrogen-bond acceptors (Lipinski definition) is 12. The van der Waals surface area contributed by atoms with E-state index in [1.54, 1.807) is 26.8 Å². The van der Waals surface area contributed by atoms with Crippen LogP contribution in [0, 0.1) is 32.8 Å². The van der Waals surface area contributed by atoms with Gasteiger partial charge in [0.05, 0.1) is 25.4 Å². The van der Waals surface area contributed by atoms with E-state index < -0.39 is 75.6 Å². The molecule has 2 unspecified atom stereocenters. The Morgan fingerprint density at radius 3 is 2.58 bits per heavy atom. The van der Waals surface area contributed by atoms with Crippen LogP contribution in [0.2, 0.25) is 0 Å². The Balaban J connectivity index is 1.31. The number of rotatable bonds is 10. The molecular formula is C29H38FNO12. The van der Waals surface area contributed by atoms with Crippen LogP contribution in [-0.2, 0) is 38.1 Å². The summed E-state index contributed by atoms with van der Waals surface area (Å²) in [5.74, 6) is -3.03. The molecule has 0 aromatic heterocycles.